The third-order valence-corrected chi connectivity index (χ3v) is 6.55. The number of aryl methyl sites for hydroxylation is 1. The lowest BCUT2D eigenvalue weighted by atomic mass is 9.97. The Kier molecular flexibility index (Phi) is 5.96. The van der Waals surface area contributed by atoms with Crippen LogP contribution in [0.25, 0.3) is 0 Å². The molecule has 1 aliphatic rings. The lowest BCUT2D eigenvalue weighted by Crippen LogP contribution is -2.08. The van der Waals surface area contributed by atoms with Crippen LogP contribution >= 0.6 is 23.1 Å². The van der Waals surface area contributed by atoms with E-state index in [1.807, 2.05) is 13.0 Å². The number of nitrogen functional groups attached to an aromatic ring is 1. The predicted molar refractivity (Wildman–Crippen MR) is 104 cm³/mol. The number of nitrogens with two attached hydrogens (primary N) is 1. The van der Waals surface area contributed by atoms with Gasteiger partial charge in [0.05, 0.1) is 5.75 Å². The van der Waals surface area contributed by atoms with Crippen molar-refractivity contribution in [3.8, 4) is 0 Å². The number of carbonyl (C=O) groups excluding carboxylic acids is 1. The molecule has 3 rings (SSSR count). The molecule has 1 aliphatic carbocycles. The first-order valence-corrected chi connectivity index (χ1v) is 10.4. The Bertz CT molecular complexity index is 791. The Balaban J connectivity index is 1.63. The van der Waals surface area contributed by atoms with Crippen LogP contribution in [0.3, 0.4) is 0 Å². The van der Waals surface area contributed by atoms with E-state index in [2.05, 4.69) is 27.8 Å². The third kappa shape index (κ3) is 4.52. The maximum Gasteiger partial charge on any atom is 0.203 e. The van der Waals surface area contributed by atoms with Gasteiger partial charge in [0.25, 0.3) is 0 Å². The summed E-state index contributed by atoms with van der Waals surface area (Å²) >= 11 is 2.72. The van der Waals surface area contributed by atoms with Crippen molar-refractivity contribution in [2.45, 2.75) is 56.8 Å². The van der Waals surface area contributed by atoms with Crippen LogP contribution in [-0.4, -0.2) is 26.3 Å². The number of carbonyl (C=O) groups is 1. The van der Waals surface area contributed by atoms with Gasteiger partial charge in [0.1, 0.15) is 0 Å². The van der Waals surface area contributed by atoms with Gasteiger partial charge >= 0.3 is 0 Å². The molecule has 2 aromatic rings. The zero-order valence-electron chi connectivity index (χ0n) is 14.7. The SMILES string of the molecule is Cc1cc(C(=O)CSc2nnc(N)s2)c(C)n1CCC1=CCCCC1. The summed E-state index contributed by atoms with van der Waals surface area (Å²) in [4.78, 5) is 12.6. The van der Waals surface area contributed by atoms with Crippen molar-refractivity contribution >= 4 is 34.0 Å². The van der Waals surface area contributed by atoms with Crippen LogP contribution in [0, 0.1) is 13.8 Å². The number of hydrogen-bond donors (Lipinski definition) is 1. The third-order valence-electron chi connectivity index (χ3n) is 4.66. The average Bonchev–Trinajstić information content (AvgIpc) is 3.15. The molecule has 2 heterocycles. The van der Waals surface area contributed by atoms with Gasteiger partial charge in [-0.25, -0.2) is 0 Å². The summed E-state index contributed by atoms with van der Waals surface area (Å²) in [6.07, 6.45) is 8.56. The van der Waals surface area contributed by atoms with E-state index in [1.54, 1.807) is 5.57 Å². The molecule has 2 aromatic heterocycles. The zero-order chi connectivity index (χ0) is 17.8. The van der Waals surface area contributed by atoms with Crippen molar-refractivity contribution in [3.05, 3.63) is 34.7 Å². The predicted octanol–water partition coefficient (Wildman–Crippen LogP) is 4.40. The van der Waals surface area contributed by atoms with Crippen molar-refractivity contribution in [2.75, 3.05) is 11.5 Å². The minimum Gasteiger partial charge on any atom is -0.374 e. The number of Topliss-reactive ketones (excluding diaryl/α,β-unsaturated/α-hetero) is 1. The standard InChI is InChI=1S/C18H24N4OS2/c1-12-10-15(16(23)11-24-18-21-20-17(19)25-18)13(2)22(12)9-8-14-6-4-3-5-7-14/h6,10H,3-5,7-9,11H2,1-2H3,(H2,19,20). The molecular formula is C18H24N4OS2. The molecule has 0 saturated heterocycles. The molecule has 0 aliphatic heterocycles. The normalized spacial score (nSPS) is 14.6. The molecule has 134 valence electrons. The van der Waals surface area contributed by atoms with Crippen molar-refractivity contribution in [2.24, 2.45) is 0 Å². The van der Waals surface area contributed by atoms with Crippen LogP contribution in [0.1, 0.15) is 53.8 Å². The molecule has 25 heavy (non-hydrogen) atoms. The minimum absolute atomic E-state index is 0.134. The number of anilines is 1. The highest BCUT2D eigenvalue weighted by Gasteiger charge is 2.17. The molecule has 0 amide bonds. The monoisotopic (exact) mass is 376 g/mol. The van der Waals surface area contributed by atoms with Crippen molar-refractivity contribution in [1.82, 2.24) is 14.8 Å². The minimum atomic E-state index is 0.134. The Morgan fingerprint density at radius 1 is 1.36 bits per heavy atom. The van der Waals surface area contributed by atoms with Gasteiger partial charge in [0.15, 0.2) is 10.1 Å². The number of thioether (sulfide) groups is 1. The molecule has 0 unspecified atom stereocenters. The fraction of sp³-hybridized carbons (Fsp3) is 0.500. The summed E-state index contributed by atoms with van der Waals surface area (Å²) in [6.45, 7) is 5.08. The highest BCUT2D eigenvalue weighted by Crippen LogP contribution is 2.26. The van der Waals surface area contributed by atoms with Crippen molar-refractivity contribution in [3.63, 3.8) is 0 Å². The molecule has 7 heteroatoms. The molecule has 0 radical (unpaired) electrons. The maximum absolute atomic E-state index is 12.6. The number of ketones is 1. The fourth-order valence-corrected chi connectivity index (χ4v) is 4.82. The molecule has 0 bridgehead atoms. The van der Waals surface area contributed by atoms with E-state index < -0.39 is 0 Å². The Morgan fingerprint density at radius 3 is 2.88 bits per heavy atom. The van der Waals surface area contributed by atoms with E-state index in [9.17, 15) is 4.79 Å². The first-order valence-electron chi connectivity index (χ1n) is 8.64. The van der Waals surface area contributed by atoms with Gasteiger partial charge in [-0.05, 0) is 52.0 Å². The average molecular weight is 377 g/mol. The molecular weight excluding hydrogens is 352 g/mol. The smallest absolute Gasteiger partial charge is 0.203 e. The number of aromatic nitrogens is 3. The molecule has 0 spiro atoms. The summed E-state index contributed by atoms with van der Waals surface area (Å²) in [5.74, 6) is 0.499. The van der Waals surface area contributed by atoms with Crippen LogP contribution in [0.15, 0.2) is 22.1 Å². The van der Waals surface area contributed by atoms with Gasteiger partial charge in [-0.15, -0.1) is 10.2 Å². The van der Waals surface area contributed by atoms with Crippen LogP contribution in [0.4, 0.5) is 5.13 Å². The molecule has 0 saturated carbocycles. The maximum atomic E-state index is 12.6. The van der Waals surface area contributed by atoms with Crippen LogP contribution in [0.2, 0.25) is 0 Å². The van der Waals surface area contributed by atoms with E-state index in [-0.39, 0.29) is 5.78 Å². The summed E-state index contributed by atoms with van der Waals surface area (Å²) in [5, 5.41) is 8.16. The summed E-state index contributed by atoms with van der Waals surface area (Å²) in [7, 11) is 0. The number of hydrogen-bond acceptors (Lipinski definition) is 6. The second-order valence-corrected chi connectivity index (χ2v) is 8.64. The molecule has 5 nitrogen and oxygen atoms in total. The first kappa shape index (κ1) is 18.2. The second kappa shape index (κ2) is 8.19. The van der Waals surface area contributed by atoms with Gasteiger partial charge in [-0.2, -0.15) is 0 Å². The summed E-state index contributed by atoms with van der Waals surface area (Å²) in [5.41, 5.74) is 10.2. The van der Waals surface area contributed by atoms with Crippen molar-refractivity contribution in [1.29, 1.82) is 0 Å². The number of nitrogens with zero attached hydrogens (tertiary/aromatic N) is 3. The molecule has 2 N–H and O–H groups in total. The summed E-state index contributed by atoms with van der Waals surface area (Å²) in [6, 6.07) is 2.02. The van der Waals surface area contributed by atoms with E-state index in [0.717, 1.165) is 34.3 Å². The topological polar surface area (TPSA) is 73.8 Å². The number of rotatable bonds is 7. The van der Waals surface area contributed by atoms with Crippen molar-refractivity contribution < 1.29 is 4.79 Å². The van der Waals surface area contributed by atoms with Crippen LogP contribution in [0.5, 0.6) is 0 Å². The van der Waals surface area contributed by atoms with Gasteiger partial charge in [0, 0.05) is 23.5 Å². The van der Waals surface area contributed by atoms with E-state index in [0.29, 0.717) is 10.9 Å². The molecule has 0 aromatic carbocycles. The van der Waals surface area contributed by atoms with Gasteiger partial charge < -0.3 is 10.3 Å². The largest absolute Gasteiger partial charge is 0.374 e. The molecule has 0 atom stereocenters. The number of allylic oxidation sites excluding steroid dienone is 2. The van der Waals surface area contributed by atoms with E-state index in [4.69, 9.17) is 5.73 Å². The Morgan fingerprint density at radius 2 is 2.20 bits per heavy atom. The van der Waals surface area contributed by atoms with Gasteiger partial charge in [-0.1, -0.05) is 34.7 Å². The molecule has 0 fully saturated rings. The Hall–Kier alpha value is -1.60. The lowest BCUT2D eigenvalue weighted by molar-refractivity contribution is 0.102. The summed E-state index contributed by atoms with van der Waals surface area (Å²) < 4.78 is 3.01. The highest BCUT2D eigenvalue weighted by atomic mass is 32.2. The van der Waals surface area contributed by atoms with E-state index >= 15 is 0 Å². The Labute approximate surface area is 156 Å². The highest BCUT2D eigenvalue weighted by molar-refractivity contribution is 8.01. The van der Waals surface area contributed by atoms with Crippen LogP contribution < -0.4 is 5.73 Å². The lowest BCUT2D eigenvalue weighted by Gasteiger charge is -2.15. The first-order chi connectivity index (χ1) is 12.0. The quantitative estimate of drug-likeness (QED) is 0.440. The van der Waals surface area contributed by atoms with Gasteiger partial charge in [0.2, 0.25) is 5.13 Å². The zero-order valence-corrected chi connectivity index (χ0v) is 16.4. The van der Waals surface area contributed by atoms with Gasteiger partial charge in [-0.3, -0.25) is 4.79 Å². The van der Waals surface area contributed by atoms with E-state index in [1.165, 1.54) is 48.8 Å². The van der Waals surface area contributed by atoms with Crippen LogP contribution in [-0.2, 0) is 6.54 Å². The second-order valence-electron chi connectivity index (χ2n) is 6.41. The fourth-order valence-electron chi connectivity index (χ4n) is 3.30.